The second-order valence-electron chi connectivity index (χ2n) is 5.29. The van der Waals surface area contributed by atoms with Gasteiger partial charge in [-0.25, -0.2) is 0 Å². The fourth-order valence-electron chi connectivity index (χ4n) is 2.73. The van der Waals surface area contributed by atoms with Crippen LogP contribution in [0.5, 0.6) is 0 Å². The first-order chi connectivity index (χ1) is 9.71. The Bertz CT molecular complexity index is 675. The molecule has 0 aromatic heterocycles. The first-order valence-corrected chi connectivity index (χ1v) is 6.92. The summed E-state index contributed by atoms with van der Waals surface area (Å²) in [5.41, 5.74) is -0.159. The van der Waals surface area contributed by atoms with Gasteiger partial charge in [0, 0.05) is 16.4 Å². The fourth-order valence-corrected chi connectivity index (χ4v) is 2.86. The molecule has 0 radical (unpaired) electrons. The van der Waals surface area contributed by atoms with Gasteiger partial charge in [0.05, 0.1) is 5.57 Å². The van der Waals surface area contributed by atoms with Crippen LogP contribution in [0.15, 0.2) is 35.5 Å². The molecule has 0 aliphatic carbocycles. The molecule has 21 heavy (non-hydrogen) atoms. The fraction of sp³-hybridized carbons (Fsp3) is 0.312. The van der Waals surface area contributed by atoms with E-state index in [0.717, 1.165) is 0 Å². The van der Waals surface area contributed by atoms with Crippen molar-refractivity contribution in [3.63, 3.8) is 0 Å². The Morgan fingerprint density at radius 1 is 1.14 bits per heavy atom. The molecular weight excluding hydrogens is 290 g/mol. The lowest BCUT2D eigenvalue weighted by molar-refractivity contribution is -0.130. The van der Waals surface area contributed by atoms with Crippen molar-refractivity contribution < 1.29 is 14.4 Å². The van der Waals surface area contributed by atoms with E-state index in [9.17, 15) is 14.4 Å². The minimum atomic E-state index is -1.39. The number of ketones is 3. The van der Waals surface area contributed by atoms with Crippen LogP contribution < -0.4 is 4.90 Å². The van der Waals surface area contributed by atoms with Crippen molar-refractivity contribution in [2.75, 3.05) is 4.90 Å². The SMILES string of the molecule is CC(=O)C1=C(C)N(c2ccc(Cl)cc2)C(C)(C(C)=O)C1=O. The summed E-state index contributed by atoms with van der Waals surface area (Å²) in [5.74, 6) is -1.09. The third-order valence-corrected chi connectivity index (χ3v) is 4.19. The standard InChI is InChI=1S/C16H16ClNO3/c1-9-14(10(2)19)15(21)16(4,11(3)20)18(9)13-7-5-12(17)6-8-13/h5-8H,1-4H3. The monoisotopic (exact) mass is 305 g/mol. The quantitative estimate of drug-likeness (QED) is 0.636. The number of hydrogen-bond acceptors (Lipinski definition) is 4. The number of rotatable bonds is 3. The van der Waals surface area contributed by atoms with Gasteiger partial charge in [-0.3, -0.25) is 14.4 Å². The minimum Gasteiger partial charge on any atom is -0.325 e. The van der Waals surface area contributed by atoms with Gasteiger partial charge >= 0.3 is 0 Å². The third-order valence-electron chi connectivity index (χ3n) is 3.94. The normalized spacial score (nSPS) is 22.0. The summed E-state index contributed by atoms with van der Waals surface area (Å²) < 4.78 is 0. The van der Waals surface area contributed by atoms with E-state index in [2.05, 4.69) is 0 Å². The topological polar surface area (TPSA) is 54.5 Å². The minimum absolute atomic E-state index is 0.0858. The van der Waals surface area contributed by atoms with Gasteiger partial charge in [-0.15, -0.1) is 0 Å². The highest BCUT2D eigenvalue weighted by Crippen LogP contribution is 2.39. The molecule has 2 rings (SSSR count). The lowest BCUT2D eigenvalue weighted by Crippen LogP contribution is -2.53. The number of allylic oxidation sites excluding steroid dienone is 1. The van der Waals surface area contributed by atoms with E-state index in [1.807, 2.05) is 0 Å². The van der Waals surface area contributed by atoms with E-state index in [0.29, 0.717) is 16.4 Å². The lowest BCUT2D eigenvalue weighted by atomic mass is 9.88. The molecule has 0 amide bonds. The zero-order valence-corrected chi connectivity index (χ0v) is 13.1. The molecule has 0 spiro atoms. The molecule has 1 atom stereocenters. The highest BCUT2D eigenvalue weighted by Gasteiger charge is 2.53. The number of hydrogen-bond donors (Lipinski definition) is 0. The summed E-state index contributed by atoms with van der Waals surface area (Å²) in [6.07, 6.45) is 0. The Hall–Kier alpha value is -1.94. The van der Waals surface area contributed by atoms with Crippen LogP contribution in [-0.2, 0) is 14.4 Å². The van der Waals surface area contributed by atoms with Gasteiger partial charge in [0.2, 0.25) is 5.78 Å². The van der Waals surface area contributed by atoms with Gasteiger partial charge < -0.3 is 4.90 Å². The number of benzene rings is 1. The van der Waals surface area contributed by atoms with Gasteiger partial charge in [-0.2, -0.15) is 0 Å². The maximum Gasteiger partial charge on any atom is 0.201 e. The van der Waals surface area contributed by atoms with Crippen molar-refractivity contribution in [1.82, 2.24) is 0 Å². The van der Waals surface area contributed by atoms with Crippen LogP contribution in [0.4, 0.5) is 5.69 Å². The number of Topliss-reactive ketones (excluding diaryl/α,β-unsaturated/α-hetero) is 3. The summed E-state index contributed by atoms with van der Waals surface area (Å²) in [6.45, 7) is 5.92. The number of anilines is 1. The molecule has 0 N–H and O–H groups in total. The highest BCUT2D eigenvalue weighted by atomic mass is 35.5. The molecule has 1 aromatic rings. The predicted molar refractivity (Wildman–Crippen MR) is 81.4 cm³/mol. The van der Waals surface area contributed by atoms with E-state index < -0.39 is 11.3 Å². The van der Waals surface area contributed by atoms with Crippen LogP contribution in [0, 0.1) is 0 Å². The van der Waals surface area contributed by atoms with Gasteiger partial charge in [-0.05, 0) is 52.0 Å². The molecule has 0 fully saturated rings. The molecule has 0 saturated heterocycles. The van der Waals surface area contributed by atoms with Crippen LogP contribution >= 0.6 is 11.6 Å². The van der Waals surface area contributed by atoms with E-state index in [4.69, 9.17) is 11.6 Å². The van der Waals surface area contributed by atoms with Crippen molar-refractivity contribution in [2.24, 2.45) is 0 Å². The molecule has 1 unspecified atom stereocenters. The van der Waals surface area contributed by atoms with Crippen molar-refractivity contribution in [3.05, 3.63) is 40.6 Å². The van der Waals surface area contributed by atoms with E-state index in [-0.39, 0.29) is 17.1 Å². The van der Waals surface area contributed by atoms with Crippen molar-refractivity contribution in [2.45, 2.75) is 33.2 Å². The lowest BCUT2D eigenvalue weighted by Gasteiger charge is -2.34. The maximum absolute atomic E-state index is 12.6. The molecule has 1 aromatic carbocycles. The molecule has 5 heteroatoms. The first kappa shape index (κ1) is 15.4. The Kier molecular flexibility index (Phi) is 3.76. The second kappa shape index (κ2) is 5.11. The smallest absolute Gasteiger partial charge is 0.201 e. The van der Waals surface area contributed by atoms with Gasteiger partial charge in [0.15, 0.2) is 17.1 Å². The van der Waals surface area contributed by atoms with Crippen molar-refractivity contribution in [1.29, 1.82) is 0 Å². The Morgan fingerprint density at radius 3 is 2.10 bits per heavy atom. The van der Waals surface area contributed by atoms with Gasteiger partial charge in [0.25, 0.3) is 0 Å². The summed E-state index contributed by atoms with van der Waals surface area (Å²) in [6, 6.07) is 6.81. The Morgan fingerprint density at radius 2 is 1.67 bits per heavy atom. The zero-order chi connectivity index (χ0) is 15.9. The molecule has 1 aliphatic heterocycles. The van der Waals surface area contributed by atoms with Gasteiger partial charge in [-0.1, -0.05) is 11.6 Å². The third kappa shape index (κ3) is 2.20. The summed E-state index contributed by atoms with van der Waals surface area (Å²) in [5, 5.41) is 0.558. The number of halogens is 1. The Labute approximate surface area is 128 Å². The largest absolute Gasteiger partial charge is 0.325 e. The van der Waals surface area contributed by atoms with Crippen LogP contribution in [-0.4, -0.2) is 22.9 Å². The molecular formula is C16H16ClNO3. The number of nitrogens with zero attached hydrogens (tertiary/aromatic N) is 1. The maximum atomic E-state index is 12.6. The van der Waals surface area contributed by atoms with Crippen LogP contribution in [0.3, 0.4) is 0 Å². The number of carbonyl (C=O) groups excluding carboxylic acids is 3. The van der Waals surface area contributed by atoms with Crippen molar-refractivity contribution >= 4 is 34.6 Å². The van der Waals surface area contributed by atoms with E-state index >= 15 is 0 Å². The van der Waals surface area contributed by atoms with Crippen LogP contribution in [0.2, 0.25) is 5.02 Å². The van der Waals surface area contributed by atoms with Crippen LogP contribution in [0.1, 0.15) is 27.7 Å². The summed E-state index contributed by atoms with van der Waals surface area (Å²) in [4.78, 5) is 38.1. The molecule has 4 nitrogen and oxygen atoms in total. The highest BCUT2D eigenvalue weighted by molar-refractivity contribution is 6.33. The average molecular weight is 306 g/mol. The molecule has 0 saturated carbocycles. The molecule has 0 bridgehead atoms. The van der Waals surface area contributed by atoms with E-state index in [1.165, 1.54) is 13.8 Å². The number of carbonyl (C=O) groups is 3. The molecule has 110 valence electrons. The van der Waals surface area contributed by atoms with Crippen LogP contribution in [0.25, 0.3) is 0 Å². The zero-order valence-electron chi connectivity index (χ0n) is 12.4. The average Bonchev–Trinajstić information content (AvgIpc) is 2.60. The summed E-state index contributed by atoms with van der Waals surface area (Å²) in [7, 11) is 0. The van der Waals surface area contributed by atoms with Gasteiger partial charge in [0.1, 0.15) is 0 Å². The molecule has 1 aliphatic rings. The first-order valence-electron chi connectivity index (χ1n) is 6.54. The summed E-state index contributed by atoms with van der Waals surface area (Å²) >= 11 is 5.88. The Balaban J connectivity index is 2.69. The van der Waals surface area contributed by atoms with E-state index in [1.54, 1.807) is 43.0 Å². The predicted octanol–water partition coefficient (Wildman–Crippen LogP) is 2.94. The second-order valence-corrected chi connectivity index (χ2v) is 5.72. The molecule has 1 heterocycles. The van der Waals surface area contributed by atoms with Crippen molar-refractivity contribution in [3.8, 4) is 0 Å².